The van der Waals surface area contributed by atoms with E-state index in [9.17, 15) is 0 Å². The van der Waals surface area contributed by atoms with Gasteiger partial charge in [0, 0.05) is 68.8 Å². The van der Waals surface area contributed by atoms with Crippen LogP contribution in [0.25, 0.3) is 0 Å². The van der Waals surface area contributed by atoms with Crippen LogP contribution in [0.2, 0.25) is 5.02 Å². The summed E-state index contributed by atoms with van der Waals surface area (Å²) in [5.41, 5.74) is 8.72. The lowest BCUT2D eigenvalue weighted by Gasteiger charge is -2.36. The maximum absolute atomic E-state index is 6.27. The maximum Gasteiger partial charge on any atom is 0.191 e. The molecule has 3 aromatic rings. The minimum atomic E-state index is 0.618. The van der Waals surface area contributed by atoms with Crippen molar-refractivity contribution in [3.05, 3.63) is 83.4 Å². The molecule has 7 heteroatoms. The summed E-state index contributed by atoms with van der Waals surface area (Å²) in [6.45, 7) is 5.01. The Bertz CT molecular complexity index is 959. The molecule has 0 unspecified atom stereocenters. The van der Waals surface area contributed by atoms with E-state index >= 15 is 0 Å². The molecule has 1 fully saturated rings. The van der Waals surface area contributed by atoms with Crippen molar-refractivity contribution in [3.63, 3.8) is 0 Å². The number of hydrogen-bond donors (Lipinski definition) is 1. The molecule has 0 amide bonds. The normalized spacial score (nSPS) is 14.9. The van der Waals surface area contributed by atoms with Crippen LogP contribution in [-0.4, -0.2) is 53.1 Å². The highest BCUT2D eigenvalue weighted by Crippen LogP contribution is 2.19. The summed E-state index contributed by atoms with van der Waals surface area (Å²) in [7, 11) is 0. The van der Waals surface area contributed by atoms with Gasteiger partial charge in [0.25, 0.3) is 0 Å². The highest BCUT2D eigenvalue weighted by atomic mass is 35.5. The molecule has 2 N–H and O–H groups in total. The number of aliphatic imine (C=N–C) groups is 1. The van der Waals surface area contributed by atoms with Gasteiger partial charge in [0.2, 0.25) is 0 Å². The van der Waals surface area contributed by atoms with Gasteiger partial charge in [-0.2, -0.15) is 0 Å². The topological polar surface area (TPSA) is 62.7 Å². The lowest BCUT2D eigenvalue weighted by Crippen LogP contribution is -2.51. The number of aromatic nitrogens is 2. The van der Waals surface area contributed by atoms with Crippen molar-refractivity contribution in [2.45, 2.75) is 13.0 Å². The molecule has 1 aliphatic heterocycles. The van der Waals surface area contributed by atoms with Gasteiger partial charge in [0.15, 0.2) is 5.96 Å². The number of hydrogen-bond acceptors (Lipinski definition) is 3. The molecule has 1 saturated heterocycles. The molecule has 30 heavy (non-hydrogen) atoms. The third kappa shape index (κ3) is 5.13. The van der Waals surface area contributed by atoms with E-state index in [0.717, 1.165) is 50.0 Å². The van der Waals surface area contributed by atoms with Gasteiger partial charge in [-0.1, -0.05) is 41.9 Å². The van der Waals surface area contributed by atoms with Gasteiger partial charge in [-0.15, -0.1) is 0 Å². The molecule has 0 saturated carbocycles. The Morgan fingerprint density at radius 2 is 1.73 bits per heavy atom. The lowest BCUT2D eigenvalue weighted by atomic mass is 10.2. The number of nitrogens with zero attached hydrogens (tertiary/aromatic N) is 5. The van der Waals surface area contributed by atoms with E-state index < -0.39 is 0 Å². The second-order valence-electron chi connectivity index (χ2n) is 7.40. The standard InChI is InChI=1S/C23H27ClN6/c24-20-6-8-21(9-7-20)28-14-16-29(17-15-28)23(25)27-11-10-22-26-12-13-30(22)18-19-4-2-1-3-5-19/h1-9,12-13H,10-11,14-18H2,(H2,25,27). The lowest BCUT2D eigenvalue weighted by molar-refractivity contribution is 0.381. The molecule has 0 aliphatic carbocycles. The SMILES string of the molecule is NC(=NCCc1nccn1Cc1ccccc1)N1CCN(c2ccc(Cl)cc2)CC1. The Hall–Kier alpha value is -2.99. The Labute approximate surface area is 182 Å². The van der Waals surface area contributed by atoms with E-state index in [2.05, 4.69) is 60.7 Å². The van der Waals surface area contributed by atoms with Crippen molar-refractivity contribution in [2.24, 2.45) is 10.7 Å². The smallest absolute Gasteiger partial charge is 0.191 e. The monoisotopic (exact) mass is 422 g/mol. The van der Waals surface area contributed by atoms with Crippen molar-refractivity contribution in [2.75, 3.05) is 37.6 Å². The molecule has 2 heterocycles. The molecule has 1 aliphatic rings. The van der Waals surface area contributed by atoms with E-state index in [1.165, 1.54) is 11.3 Å². The average molecular weight is 423 g/mol. The first-order chi connectivity index (χ1) is 14.7. The van der Waals surface area contributed by atoms with Crippen LogP contribution in [0.5, 0.6) is 0 Å². The Kier molecular flexibility index (Phi) is 6.54. The predicted octanol–water partition coefficient (Wildman–Crippen LogP) is 3.26. The zero-order valence-corrected chi connectivity index (χ0v) is 17.7. The van der Waals surface area contributed by atoms with Gasteiger partial charge >= 0.3 is 0 Å². The van der Waals surface area contributed by atoms with E-state index in [1.807, 2.05) is 30.6 Å². The maximum atomic E-state index is 6.27. The van der Waals surface area contributed by atoms with Crippen molar-refractivity contribution in [1.82, 2.24) is 14.5 Å². The summed E-state index contributed by atoms with van der Waals surface area (Å²) >= 11 is 5.99. The number of nitrogens with two attached hydrogens (primary N) is 1. The van der Waals surface area contributed by atoms with E-state index in [0.29, 0.717) is 12.5 Å². The third-order valence-corrected chi connectivity index (χ3v) is 5.65. The molecule has 156 valence electrons. The zero-order valence-electron chi connectivity index (χ0n) is 17.0. The first kappa shape index (κ1) is 20.3. The van der Waals surface area contributed by atoms with Gasteiger partial charge in [-0.3, -0.25) is 4.99 Å². The van der Waals surface area contributed by atoms with Gasteiger partial charge in [0.1, 0.15) is 5.82 Å². The molecule has 0 radical (unpaired) electrons. The number of piperazine rings is 1. The minimum absolute atomic E-state index is 0.618. The van der Waals surface area contributed by atoms with Crippen LogP contribution < -0.4 is 10.6 Å². The number of rotatable bonds is 6. The number of anilines is 1. The predicted molar refractivity (Wildman–Crippen MR) is 123 cm³/mol. The van der Waals surface area contributed by atoms with Crippen LogP contribution >= 0.6 is 11.6 Å². The third-order valence-electron chi connectivity index (χ3n) is 5.40. The molecule has 4 rings (SSSR count). The largest absolute Gasteiger partial charge is 0.370 e. The number of guanidine groups is 1. The van der Waals surface area contributed by atoms with Crippen LogP contribution in [0, 0.1) is 0 Å². The van der Waals surface area contributed by atoms with Crippen molar-refractivity contribution < 1.29 is 0 Å². The fraction of sp³-hybridized carbons (Fsp3) is 0.304. The van der Waals surface area contributed by atoms with Crippen LogP contribution in [-0.2, 0) is 13.0 Å². The molecular weight excluding hydrogens is 396 g/mol. The fourth-order valence-electron chi connectivity index (χ4n) is 3.71. The van der Waals surface area contributed by atoms with E-state index in [1.54, 1.807) is 0 Å². The highest BCUT2D eigenvalue weighted by molar-refractivity contribution is 6.30. The molecule has 0 bridgehead atoms. The summed E-state index contributed by atoms with van der Waals surface area (Å²) in [6.07, 6.45) is 4.64. The Balaban J connectivity index is 1.27. The molecule has 2 aromatic carbocycles. The number of imidazole rings is 1. The summed E-state index contributed by atoms with van der Waals surface area (Å²) < 4.78 is 2.17. The first-order valence-corrected chi connectivity index (χ1v) is 10.7. The first-order valence-electron chi connectivity index (χ1n) is 10.3. The van der Waals surface area contributed by atoms with Crippen LogP contribution in [0.1, 0.15) is 11.4 Å². The number of benzene rings is 2. The molecule has 1 aromatic heterocycles. The fourth-order valence-corrected chi connectivity index (χ4v) is 3.83. The molecule has 6 nitrogen and oxygen atoms in total. The van der Waals surface area contributed by atoms with Gasteiger partial charge in [0.05, 0.1) is 0 Å². The Morgan fingerprint density at radius 1 is 1.00 bits per heavy atom. The van der Waals surface area contributed by atoms with Crippen LogP contribution in [0.4, 0.5) is 5.69 Å². The molecule has 0 spiro atoms. The highest BCUT2D eigenvalue weighted by Gasteiger charge is 2.18. The summed E-state index contributed by atoms with van der Waals surface area (Å²) in [6, 6.07) is 18.4. The molecule has 0 atom stereocenters. The van der Waals surface area contributed by atoms with E-state index in [-0.39, 0.29) is 0 Å². The van der Waals surface area contributed by atoms with Gasteiger partial charge in [-0.05, 0) is 29.8 Å². The summed E-state index contributed by atoms with van der Waals surface area (Å²) in [5, 5.41) is 0.762. The quantitative estimate of drug-likeness (QED) is 0.489. The Morgan fingerprint density at radius 3 is 2.47 bits per heavy atom. The average Bonchev–Trinajstić information content (AvgIpc) is 3.22. The van der Waals surface area contributed by atoms with Crippen LogP contribution in [0.3, 0.4) is 0 Å². The second-order valence-corrected chi connectivity index (χ2v) is 7.83. The summed E-state index contributed by atoms with van der Waals surface area (Å²) in [4.78, 5) is 13.6. The van der Waals surface area contributed by atoms with E-state index in [4.69, 9.17) is 17.3 Å². The van der Waals surface area contributed by atoms with Gasteiger partial charge < -0.3 is 20.1 Å². The van der Waals surface area contributed by atoms with Gasteiger partial charge in [-0.25, -0.2) is 4.98 Å². The summed E-state index contributed by atoms with van der Waals surface area (Å²) in [5.74, 6) is 1.65. The van der Waals surface area contributed by atoms with Crippen molar-refractivity contribution >= 4 is 23.2 Å². The zero-order chi connectivity index (χ0) is 20.8. The van der Waals surface area contributed by atoms with Crippen molar-refractivity contribution in [1.29, 1.82) is 0 Å². The minimum Gasteiger partial charge on any atom is -0.370 e. The van der Waals surface area contributed by atoms with Crippen molar-refractivity contribution in [3.8, 4) is 0 Å². The molecular formula is C23H27ClN6. The second kappa shape index (κ2) is 9.67. The van der Waals surface area contributed by atoms with Crippen LogP contribution in [0.15, 0.2) is 72.0 Å². The number of halogens is 1.